The summed E-state index contributed by atoms with van der Waals surface area (Å²) in [6, 6.07) is 6.16. The predicted molar refractivity (Wildman–Crippen MR) is 96.4 cm³/mol. The maximum absolute atomic E-state index is 12.8. The zero-order chi connectivity index (χ0) is 18.9. The molecule has 1 N–H and O–H groups in total. The van der Waals surface area contributed by atoms with Crippen LogP contribution < -0.4 is 4.90 Å². The lowest BCUT2D eigenvalue weighted by molar-refractivity contribution is -0.141. The van der Waals surface area contributed by atoms with Crippen molar-refractivity contribution in [1.82, 2.24) is 4.31 Å². The van der Waals surface area contributed by atoms with Gasteiger partial charge in [0.05, 0.1) is 10.8 Å². The van der Waals surface area contributed by atoms with Gasteiger partial charge in [0, 0.05) is 31.7 Å². The zero-order valence-electron chi connectivity index (χ0n) is 14.8. The number of carboxylic acid groups (broad SMARTS) is 1. The minimum absolute atomic E-state index is 0.0280. The Morgan fingerprint density at radius 1 is 1.15 bits per heavy atom. The molecule has 1 aliphatic carbocycles. The normalized spacial score (nSPS) is 22.2. The number of aliphatic carboxylic acids is 1. The molecule has 0 aromatic heterocycles. The van der Waals surface area contributed by atoms with Crippen LogP contribution in [0, 0.1) is 5.92 Å². The average Bonchev–Trinajstić information content (AvgIpc) is 3.04. The first-order chi connectivity index (χ1) is 12.3. The lowest BCUT2D eigenvalue weighted by Crippen LogP contribution is -2.38. The monoisotopic (exact) mass is 380 g/mol. The molecule has 1 heterocycles. The summed E-state index contributed by atoms with van der Waals surface area (Å²) in [7, 11) is -1.96. The fourth-order valence-electron chi connectivity index (χ4n) is 3.73. The molecule has 1 unspecified atom stereocenters. The van der Waals surface area contributed by atoms with E-state index in [1.165, 1.54) is 21.3 Å². The first-order valence-corrected chi connectivity index (χ1v) is 10.4. The number of carbonyl (C=O) groups is 2. The molecule has 1 aliphatic heterocycles. The standard InChI is InChI=1S/C18H24N2O5S/c1-19(14-5-3-2-4-6-14)26(24,25)16-9-7-15(8-10-16)20-12-13(18(22)23)11-17(20)21/h7-10,13-14H,2-6,11-12H2,1H3,(H,22,23). The minimum Gasteiger partial charge on any atom is -0.481 e. The summed E-state index contributed by atoms with van der Waals surface area (Å²) in [5, 5.41) is 9.07. The number of benzene rings is 1. The summed E-state index contributed by atoms with van der Waals surface area (Å²) in [5.41, 5.74) is 0.526. The molecule has 1 aromatic carbocycles. The number of hydrogen-bond acceptors (Lipinski definition) is 4. The van der Waals surface area contributed by atoms with Gasteiger partial charge in [-0.2, -0.15) is 4.31 Å². The van der Waals surface area contributed by atoms with Gasteiger partial charge in [0.1, 0.15) is 0 Å². The van der Waals surface area contributed by atoms with Crippen LogP contribution in [0.3, 0.4) is 0 Å². The van der Waals surface area contributed by atoms with Gasteiger partial charge in [-0.15, -0.1) is 0 Å². The van der Waals surface area contributed by atoms with Crippen LogP contribution in [0.5, 0.6) is 0 Å². The van der Waals surface area contributed by atoms with Crippen molar-refractivity contribution < 1.29 is 23.1 Å². The maximum atomic E-state index is 12.8. The fourth-order valence-corrected chi connectivity index (χ4v) is 5.14. The van der Waals surface area contributed by atoms with E-state index in [-0.39, 0.29) is 29.8 Å². The summed E-state index contributed by atoms with van der Waals surface area (Å²) >= 11 is 0. The van der Waals surface area contributed by atoms with Crippen LogP contribution in [0.1, 0.15) is 38.5 Å². The molecule has 3 rings (SSSR count). The number of carbonyl (C=O) groups excluding carboxylic acids is 1. The first kappa shape index (κ1) is 18.8. The van der Waals surface area contributed by atoms with E-state index in [4.69, 9.17) is 5.11 Å². The third-order valence-electron chi connectivity index (χ3n) is 5.39. The van der Waals surface area contributed by atoms with Gasteiger partial charge in [0.2, 0.25) is 15.9 Å². The summed E-state index contributed by atoms with van der Waals surface area (Å²) in [4.78, 5) is 24.7. The highest BCUT2D eigenvalue weighted by molar-refractivity contribution is 7.89. The summed E-state index contributed by atoms with van der Waals surface area (Å²) < 4.78 is 27.1. The molecule has 1 saturated heterocycles. The van der Waals surface area contributed by atoms with Gasteiger partial charge in [-0.25, -0.2) is 8.42 Å². The first-order valence-electron chi connectivity index (χ1n) is 8.92. The molecule has 2 aliphatic rings. The van der Waals surface area contributed by atoms with E-state index in [0.29, 0.717) is 5.69 Å². The second-order valence-corrected chi connectivity index (χ2v) is 9.05. The van der Waals surface area contributed by atoms with Gasteiger partial charge < -0.3 is 10.0 Å². The number of sulfonamides is 1. The van der Waals surface area contributed by atoms with E-state index in [1.54, 1.807) is 19.2 Å². The number of anilines is 1. The number of carboxylic acids is 1. The molecular formula is C18H24N2O5S. The number of rotatable bonds is 5. The Labute approximate surface area is 153 Å². The SMILES string of the molecule is CN(C1CCCCC1)S(=O)(=O)c1ccc(N2CC(C(=O)O)CC2=O)cc1. The molecule has 7 nitrogen and oxygen atoms in total. The van der Waals surface area contributed by atoms with Crippen LogP contribution in [-0.2, 0) is 19.6 Å². The summed E-state index contributed by atoms with van der Waals surface area (Å²) in [6.07, 6.45) is 4.98. The van der Waals surface area contributed by atoms with Gasteiger partial charge in [0.15, 0.2) is 0 Å². The highest BCUT2D eigenvalue weighted by atomic mass is 32.2. The van der Waals surface area contributed by atoms with E-state index in [0.717, 1.165) is 32.1 Å². The molecule has 142 valence electrons. The Morgan fingerprint density at radius 2 is 1.77 bits per heavy atom. The molecule has 0 spiro atoms. The van der Waals surface area contributed by atoms with Crippen molar-refractivity contribution in [3.63, 3.8) is 0 Å². The van der Waals surface area contributed by atoms with Gasteiger partial charge in [0.25, 0.3) is 0 Å². The molecular weight excluding hydrogens is 356 g/mol. The highest BCUT2D eigenvalue weighted by Crippen LogP contribution is 2.29. The van der Waals surface area contributed by atoms with Gasteiger partial charge in [-0.05, 0) is 37.1 Å². The molecule has 0 bridgehead atoms. The van der Waals surface area contributed by atoms with Crippen molar-refractivity contribution in [3.05, 3.63) is 24.3 Å². The zero-order valence-corrected chi connectivity index (χ0v) is 15.6. The lowest BCUT2D eigenvalue weighted by Gasteiger charge is -2.30. The number of amides is 1. The Balaban J connectivity index is 1.76. The molecule has 1 amide bonds. The topological polar surface area (TPSA) is 95.0 Å². The average molecular weight is 380 g/mol. The highest BCUT2D eigenvalue weighted by Gasteiger charge is 2.35. The minimum atomic E-state index is -3.58. The lowest BCUT2D eigenvalue weighted by atomic mass is 9.96. The van der Waals surface area contributed by atoms with Crippen LogP contribution in [0.4, 0.5) is 5.69 Å². The second-order valence-electron chi connectivity index (χ2n) is 7.05. The van der Waals surface area contributed by atoms with Crippen molar-refractivity contribution in [1.29, 1.82) is 0 Å². The molecule has 1 atom stereocenters. The Bertz CT molecular complexity index is 784. The largest absolute Gasteiger partial charge is 0.481 e. The molecule has 8 heteroatoms. The quantitative estimate of drug-likeness (QED) is 0.844. The van der Waals surface area contributed by atoms with Crippen molar-refractivity contribution in [3.8, 4) is 0 Å². The Hall–Kier alpha value is -1.93. The van der Waals surface area contributed by atoms with Gasteiger partial charge in [-0.3, -0.25) is 9.59 Å². The fraction of sp³-hybridized carbons (Fsp3) is 0.556. The van der Waals surface area contributed by atoms with Gasteiger partial charge in [-0.1, -0.05) is 19.3 Å². The van der Waals surface area contributed by atoms with E-state index >= 15 is 0 Å². The molecule has 2 fully saturated rings. The Kier molecular flexibility index (Phi) is 5.34. The molecule has 1 aromatic rings. The predicted octanol–water partition coefficient (Wildman–Crippen LogP) is 2.08. The van der Waals surface area contributed by atoms with E-state index in [2.05, 4.69) is 0 Å². The van der Waals surface area contributed by atoms with Crippen LogP contribution in [0.2, 0.25) is 0 Å². The maximum Gasteiger partial charge on any atom is 0.308 e. The van der Waals surface area contributed by atoms with Crippen LogP contribution in [0.25, 0.3) is 0 Å². The number of hydrogen-bond donors (Lipinski definition) is 1. The third kappa shape index (κ3) is 3.61. The van der Waals surface area contributed by atoms with E-state index in [1.807, 2.05) is 0 Å². The third-order valence-corrected chi connectivity index (χ3v) is 7.31. The summed E-state index contributed by atoms with van der Waals surface area (Å²) in [6.45, 7) is 0.113. The smallest absolute Gasteiger partial charge is 0.308 e. The molecule has 0 radical (unpaired) electrons. The Morgan fingerprint density at radius 3 is 2.31 bits per heavy atom. The van der Waals surface area contributed by atoms with Crippen LogP contribution in [-0.4, -0.2) is 49.3 Å². The summed E-state index contributed by atoms with van der Waals surface area (Å²) in [5.74, 6) is -1.97. The van der Waals surface area contributed by atoms with Gasteiger partial charge >= 0.3 is 5.97 Å². The van der Waals surface area contributed by atoms with Crippen molar-refractivity contribution in [2.24, 2.45) is 5.92 Å². The molecule has 26 heavy (non-hydrogen) atoms. The number of nitrogens with zero attached hydrogens (tertiary/aromatic N) is 2. The van der Waals surface area contributed by atoms with E-state index in [9.17, 15) is 18.0 Å². The van der Waals surface area contributed by atoms with E-state index < -0.39 is 21.9 Å². The van der Waals surface area contributed by atoms with Crippen LogP contribution >= 0.6 is 0 Å². The second kappa shape index (κ2) is 7.36. The van der Waals surface area contributed by atoms with Crippen molar-refractivity contribution in [2.75, 3.05) is 18.5 Å². The van der Waals surface area contributed by atoms with Crippen LogP contribution in [0.15, 0.2) is 29.2 Å². The van der Waals surface area contributed by atoms with Crippen molar-refractivity contribution in [2.45, 2.75) is 49.5 Å². The van der Waals surface area contributed by atoms with Crippen molar-refractivity contribution >= 4 is 27.6 Å². The molecule has 1 saturated carbocycles.